The summed E-state index contributed by atoms with van der Waals surface area (Å²) in [4.78, 5) is 16.2. The van der Waals surface area contributed by atoms with Crippen molar-refractivity contribution in [3.8, 4) is 0 Å². The van der Waals surface area contributed by atoms with Crippen LogP contribution in [0.4, 0.5) is 0 Å². The fourth-order valence-corrected chi connectivity index (χ4v) is 2.84. The number of nitrogens with zero attached hydrogens (tertiary/aromatic N) is 3. The van der Waals surface area contributed by atoms with Gasteiger partial charge >= 0.3 is 0 Å². The second-order valence-electron chi connectivity index (χ2n) is 7.06. The first kappa shape index (κ1) is 19.9. The van der Waals surface area contributed by atoms with Gasteiger partial charge in [0, 0.05) is 19.0 Å². The van der Waals surface area contributed by atoms with Gasteiger partial charge in [0.05, 0.1) is 18.1 Å². The fourth-order valence-electron chi connectivity index (χ4n) is 2.84. The SMILES string of the molecule is CNC(=O)Cc1nc([C@H]2CC[C@@H](N)[C@H](O)C2)n(C(C)(C)C)n1.Cl. The molecule has 0 saturated heterocycles. The number of amides is 1. The summed E-state index contributed by atoms with van der Waals surface area (Å²) in [7, 11) is 1.60. The number of nitrogens with two attached hydrogens (primary N) is 1. The molecule has 1 amide bonds. The minimum atomic E-state index is -0.508. The summed E-state index contributed by atoms with van der Waals surface area (Å²) in [5.41, 5.74) is 5.66. The fraction of sp³-hybridized carbons (Fsp3) is 0.800. The van der Waals surface area contributed by atoms with Crippen LogP contribution in [0.3, 0.4) is 0 Å². The standard InChI is InChI=1S/C15H27N5O2.ClH/c1-15(2,3)20-14(9-5-6-10(16)11(21)7-9)18-12(19-20)8-13(22)17-4;/h9-11,21H,5-8,16H2,1-4H3,(H,17,22);1H/t9-,10+,11+;/m0./s1. The quantitative estimate of drug-likeness (QED) is 0.747. The van der Waals surface area contributed by atoms with Crippen molar-refractivity contribution in [3.63, 3.8) is 0 Å². The van der Waals surface area contributed by atoms with Gasteiger partial charge in [0.2, 0.25) is 5.91 Å². The maximum absolute atomic E-state index is 11.6. The first-order chi connectivity index (χ1) is 10.2. The lowest BCUT2D eigenvalue weighted by Crippen LogP contribution is -2.40. The second-order valence-corrected chi connectivity index (χ2v) is 7.06. The summed E-state index contributed by atoms with van der Waals surface area (Å²) in [6.07, 6.45) is 1.91. The van der Waals surface area contributed by atoms with Crippen molar-refractivity contribution in [2.75, 3.05) is 7.05 Å². The molecule has 3 atom stereocenters. The van der Waals surface area contributed by atoms with Gasteiger partial charge in [0.25, 0.3) is 0 Å². The zero-order chi connectivity index (χ0) is 16.5. The lowest BCUT2D eigenvalue weighted by Gasteiger charge is -2.32. The topological polar surface area (TPSA) is 106 Å². The molecular weight excluding hydrogens is 318 g/mol. The molecule has 1 heterocycles. The van der Waals surface area contributed by atoms with E-state index in [1.54, 1.807) is 7.05 Å². The maximum Gasteiger partial charge on any atom is 0.227 e. The van der Waals surface area contributed by atoms with E-state index < -0.39 is 6.10 Å². The summed E-state index contributed by atoms with van der Waals surface area (Å²) in [5, 5.41) is 17.2. The number of hydrogen-bond donors (Lipinski definition) is 3. The van der Waals surface area contributed by atoms with Gasteiger partial charge in [-0.05, 0) is 40.0 Å². The van der Waals surface area contributed by atoms with Crippen LogP contribution < -0.4 is 11.1 Å². The van der Waals surface area contributed by atoms with E-state index in [1.165, 1.54) is 0 Å². The molecule has 132 valence electrons. The molecule has 1 aliphatic rings. The minimum Gasteiger partial charge on any atom is -0.391 e. The lowest BCUT2D eigenvalue weighted by molar-refractivity contribution is -0.120. The summed E-state index contributed by atoms with van der Waals surface area (Å²) in [6.45, 7) is 6.17. The van der Waals surface area contributed by atoms with Gasteiger partial charge in [0.1, 0.15) is 5.82 Å². The molecule has 1 saturated carbocycles. The molecule has 23 heavy (non-hydrogen) atoms. The van der Waals surface area contributed by atoms with Crippen molar-refractivity contribution < 1.29 is 9.90 Å². The van der Waals surface area contributed by atoms with Crippen molar-refractivity contribution in [1.82, 2.24) is 20.1 Å². The molecule has 0 aliphatic heterocycles. The Balaban J connectivity index is 0.00000264. The molecule has 0 spiro atoms. The molecule has 0 unspecified atom stereocenters. The number of carbonyl (C=O) groups is 1. The Hall–Kier alpha value is -1.18. The highest BCUT2D eigenvalue weighted by atomic mass is 35.5. The van der Waals surface area contributed by atoms with Crippen molar-refractivity contribution >= 4 is 18.3 Å². The Kier molecular flexibility index (Phi) is 6.56. The summed E-state index contributed by atoms with van der Waals surface area (Å²) in [6, 6.07) is -0.160. The third-order valence-corrected chi connectivity index (χ3v) is 4.14. The third-order valence-electron chi connectivity index (χ3n) is 4.14. The Bertz CT molecular complexity index is 540. The maximum atomic E-state index is 11.6. The molecule has 4 N–H and O–H groups in total. The van der Waals surface area contributed by atoms with Crippen LogP contribution in [0.25, 0.3) is 0 Å². The van der Waals surface area contributed by atoms with E-state index >= 15 is 0 Å². The molecule has 1 fully saturated rings. The molecule has 1 aliphatic carbocycles. The summed E-state index contributed by atoms with van der Waals surface area (Å²) < 4.78 is 1.89. The number of aliphatic hydroxyl groups excluding tert-OH is 1. The number of aliphatic hydroxyl groups is 1. The number of hydrogen-bond acceptors (Lipinski definition) is 5. The predicted molar refractivity (Wildman–Crippen MR) is 90.6 cm³/mol. The Labute approximate surface area is 143 Å². The average molecular weight is 346 g/mol. The van der Waals surface area contributed by atoms with Gasteiger partial charge in [-0.1, -0.05) is 0 Å². The lowest BCUT2D eigenvalue weighted by atomic mass is 9.83. The molecule has 1 aromatic rings. The number of rotatable bonds is 3. The van der Waals surface area contributed by atoms with Gasteiger partial charge < -0.3 is 16.2 Å². The molecular formula is C15H28ClN5O2. The van der Waals surface area contributed by atoms with Gasteiger partial charge in [-0.2, -0.15) is 5.10 Å². The van der Waals surface area contributed by atoms with Crippen LogP contribution in [0, 0.1) is 0 Å². The Morgan fingerprint density at radius 2 is 2.09 bits per heavy atom. The van der Waals surface area contributed by atoms with Crippen LogP contribution in [-0.4, -0.2) is 45.0 Å². The third kappa shape index (κ3) is 4.65. The van der Waals surface area contributed by atoms with E-state index in [0.717, 1.165) is 18.7 Å². The molecule has 0 radical (unpaired) electrons. The summed E-state index contributed by atoms with van der Waals surface area (Å²) >= 11 is 0. The zero-order valence-corrected chi connectivity index (χ0v) is 15.1. The van der Waals surface area contributed by atoms with Crippen LogP contribution in [-0.2, 0) is 16.8 Å². The highest BCUT2D eigenvalue weighted by Crippen LogP contribution is 2.33. The van der Waals surface area contributed by atoms with E-state index in [4.69, 9.17) is 5.73 Å². The number of halogens is 1. The molecule has 7 nitrogen and oxygen atoms in total. The van der Waals surface area contributed by atoms with E-state index in [9.17, 15) is 9.90 Å². The number of aromatic nitrogens is 3. The molecule has 0 aromatic carbocycles. The van der Waals surface area contributed by atoms with Crippen molar-refractivity contribution in [3.05, 3.63) is 11.6 Å². The monoisotopic (exact) mass is 345 g/mol. The van der Waals surface area contributed by atoms with E-state index in [1.807, 2.05) is 4.68 Å². The average Bonchev–Trinajstić information content (AvgIpc) is 2.85. The van der Waals surface area contributed by atoms with Crippen LogP contribution in [0.15, 0.2) is 0 Å². The molecule has 0 bridgehead atoms. The van der Waals surface area contributed by atoms with Crippen LogP contribution in [0.1, 0.15) is 57.6 Å². The smallest absolute Gasteiger partial charge is 0.227 e. The first-order valence-electron chi connectivity index (χ1n) is 7.83. The van der Waals surface area contributed by atoms with E-state index in [2.05, 4.69) is 36.2 Å². The minimum absolute atomic E-state index is 0. The largest absolute Gasteiger partial charge is 0.391 e. The number of carbonyl (C=O) groups excluding carboxylic acids is 1. The number of nitrogens with one attached hydrogen (secondary N) is 1. The highest BCUT2D eigenvalue weighted by Gasteiger charge is 2.33. The van der Waals surface area contributed by atoms with E-state index in [0.29, 0.717) is 12.2 Å². The van der Waals surface area contributed by atoms with Crippen molar-refractivity contribution in [2.45, 2.75) is 70.1 Å². The van der Waals surface area contributed by atoms with Gasteiger partial charge in [0.15, 0.2) is 5.82 Å². The Morgan fingerprint density at radius 3 is 2.61 bits per heavy atom. The summed E-state index contributed by atoms with van der Waals surface area (Å²) in [5.74, 6) is 1.38. The highest BCUT2D eigenvalue weighted by molar-refractivity contribution is 5.85. The zero-order valence-electron chi connectivity index (χ0n) is 14.2. The van der Waals surface area contributed by atoms with Crippen molar-refractivity contribution in [2.24, 2.45) is 5.73 Å². The normalized spacial score (nSPS) is 24.9. The van der Waals surface area contributed by atoms with Crippen LogP contribution >= 0.6 is 12.4 Å². The second kappa shape index (κ2) is 7.59. The van der Waals surface area contributed by atoms with Crippen LogP contribution in [0.5, 0.6) is 0 Å². The molecule has 2 rings (SSSR count). The van der Waals surface area contributed by atoms with Gasteiger partial charge in [-0.25, -0.2) is 9.67 Å². The van der Waals surface area contributed by atoms with Gasteiger partial charge in [-0.3, -0.25) is 4.79 Å². The first-order valence-corrected chi connectivity index (χ1v) is 7.83. The van der Waals surface area contributed by atoms with Crippen molar-refractivity contribution in [1.29, 1.82) is 0 Å². The van der Waals surface area contributed by atoms with Crippen LogP contribution in [0.2, 0.25) is 0 Å². The Morgan fingerprint density at radius 1 is 1.43 bits per heavy atom. The predicted octanol–water partition coefficient (Wildman–Crippen LogP) is 0.699. The number of likely N-dealkylation sites (N-methyl/N-ethyl adjacent to an activating group) is 1. The molecule has 8 heteroatoms. The molecule has 1 aromatic heterocycles. The van der Waals surface area contributed by atoms with E-state index in [-0.39, 0.29) is 42.2 Å². The van der Waals surface area contributed by atoms with Gasteiger partial charge in [-0.15, -0.1) is 12.4 Å².